The van der Waals surface area contributed by atoms with Gasteiger partial charge >= 0.3 is 0 Å². The number of sulfonamides is 1. The molecule has 0 aromatic carbocycles. The molecule has 0 bridgehead atoms. The molecule has 7 nitrogen and oxygen atoms in total. The summed E-state index contributed by atoms with van der Waals surface area (Å²) in [4.78, 5) is 5.51. The van der Waals surface area contributed by atoms with Gasteiger partial charge in [-0.15, -0.1) is 0 Å². The third-order valence-electron chi connectivity index (χ3n) is 3.06. The van der Waals surface area contributed by atoms with Crippen molar-refractivity contribution in [3.05, 3.63) is 22.0 Å². The maximum absolute atomic E-state index is 12.4. The summed E-state index contributed by atoms with van der Waals surface area (Å²) in [5.41, 5.74) is 1.31. The highest BCUT2D eigenvalue weighted by molar-refractivity contribution is 7.93. The molecular weight excluding hydrogens is 300 g/mol. The number of fused-ring (bicyclic) bond motifs is 1. The highest BCUT2D eigenvalue weighted by Crippen LogP contribution is 2.28. The lowest BCUT2D eigenvalue weighted by Crippen LogP contribution is -2.22. The Hall–Kier alpha value is -1.45. The van der Waals surface area contributed by atoms with Gasteiger partial charge in [0.15, 0.2) is 15.8 Å². The van der Waals surface area contributed by atoms with Crippen molar-refractivity contribution < 1.29 is 12.9 Å². The van der Waals surface area contributed by atoms with Gasteiger partial charge in [0.2, 0.25) is 0 Å². The van der Waals surface area contributed by atoms with Crippen LogP contribution in [0.15, 0.2) is 9.42 Å². The van der Waals surface area contributed by atoms with Gasteiger partial charge in [0.25, 0.3) is 10.0 Å². The molecule has 0 saturated heterocycles. The van der Waals surface area contributed by atoms with E-state index in [-0.39, 0.29) is 10.7 Å². The molecule has 0 amide bonds. The Kier molecular flexibility index (Phi) is 3.27. The second-order valence-corrected chi connectivity index (χ2v) is 7.28. The van der Waals surface area contributed by atoms with Crippen LogP contribution in [0.4, 0.5) is 5.13 Å². The summed E-state index contributed by atoms with van der Waals surface area (Å²) in [5.74, 6) is 0.276. The molecule has 0 radical (unpaired) electrons. The largest absolute Gasteiger partial charge is 0.360 e. The zero-order chi connectivity index (χ0) is 14.3. The van der Waals surface area contributed by atoms with E-state index in [0.717, 1.165) is 30.1 Å². The van der Waals surface area contributed by atoms with Crippen LogP contribution in [0.3, 0.4) is 0 Å². The van der Waals surface area contributed by atoms with Crippen molar-refractivity contribution >= 4 is 26.5 Å². The summed E-state index contributed by atoms with van der Waals surface area (Å²) < 4.78 is 32.1. The van der Waals surface area contributed by atoms with E-state index in [2.05, 4.69) is 20.2 Å². The van der Waals surface area contributed by atoms with Crippen molar-refractivity contribution in [2.45, 2.75) is 31.7 Å². The molecule has 2 N–H and O–H groups in total. The van der Waals surface area contributed by atoms with E-state index in [0.29, 0.717) is 10.8 Å². The number of nitrogens with zero attached hydrogens (tertiary/aromatic N) is 2. The Morgan fingerprint density at radius 1 is 1.40 bits per heavy atom. The van der Waals surface area contributed by atoms with Gasteiger partial charge in [-0.25, -0.2) is 13.4 Å². The summed E-state index contributed by atoms with van der Waals surface area (Å²) in [6, 6.07) is 0. The van der Waals surface area contributed by atoms with Crippen LogP contribution in [-0.4, -0.2) is 25.1 Å². The lowest BCUT2D eigenvalue weighted by molar-refractivity contribution is 0.390. The molecule has 108 valence electrons. The third kappa shape index (κ3) is 2.32. The number of hydrogen-bond donors (Lipinski definition) is 2. The van der Waals surface area contributed by atoms with E-state index in [9.17, 15) is 8.42 Å². The summed E-state index contributed by atoms with van der Waals surface area (Å²) in [6.45, 7) is 4.78. The van der Waals surface area contributed by atoms with Crippen molar-refractivity contribution in [2.24, 2.45) is 0 Å². The zero-order valence-electron chi connectivity index (χ0n) is 11.1. The fourth-order valence-electron chi connectivity index (χ4n) is 2.19. The maximum Gasteiger partial charge on any atom is 0.269 e. The fraction of sp³-hybridized carbons (Fsp3) is 0.455. The highest BCUT2D eigenvalue weighted by atomic mass is 32.2. The predicted octanol–water partition coefficient (Wildman–Crippen LogP) is 1.19. The van der Waals surface area contributed by atoms with E-state index in [1.165, 1.54) is 11.3 Å². The minimum atomic E-state index is -3.71. The Balaban J connectivity index is 1.92. The molecule has 1 aliphatic rings. The van der Waals surface area contributed by atoms with E-state index >= 15 is 0 Å². The van der Waals surface area contributed by atoms with Gasteiger partial charge in [-0.2, -0.15) is 0 Å². The number of hydrogen-bond acceptors (Lipinski definition) is 7. The number of rotatable bonds is 3. The molecule has 20 heavy (non-hydrogen) atoms. The number of nitrogens with one attached hydrogen (secondary N) is 2. The van der Waals surface area contributed by atoms with Crippen LogP contribution in [0.2, 0.25) is 0 Å². The Morgan fingerprint density at radius 2 is 2.20 bits per heavy atom. The Morgan fingerprint density at radius 3 is 2.85 bits per heavy atom. The second-order valence-electron chi connectivity index (χ2n) is 4.57. The van der Waals surface area contributed by atoms with E-state index in [1.54, 1.807) is 13.8 Å². The van der Waals surface area contributed by atoms with Crippen LogP contribution in [0.1, 0.15) is 22.0 Å². The molecule has 1 aliphatic heterocycles. The first-order valence-corrected chi connectivity index (χ1v) is 8.42. The van der Waals surface area contributed by atoms with Gasteiger partial charge in [-0.05, 0) is 13.8 Å². The standard InChI is InChI=1S/C11H14N4O3S2/c1-6-10(7(2)18-14-6)20(16,17)15-11-13-8-3-4-12-5-9(8)19-11/h12H,3-5H2,1-2H3,(H,13,15). The molecular formula is C11H14N4O3S2. The number of aryl methyl sites for hydroxylation is 2. The van der Waals surface area contributed by atoms with Crippen molar-refractivity contribution in [3.63, 3.8) is 0 Å². The summed E-state index contributed by atoms with van der Waals surface area (Å²) >= 11 is 1.36. The second kappa shape index (κ2) is 4.83. The molecule has 9 heteroatoms. The number of thiazole rings is 1. The smallest absolute Gasteiger partial charge is 0.269 e. The van der Waals surface area contributed by atoms with Crippen LogP contribution in [0.25, 0.3) is 0 Å². The average molecular weight is 314 g/mol. The van der Waals surface area contributed by atoms with Crippen LogP contribution >= 0.6 is 11.3 Å². The molecule has 0 fully saturated rings. The summed E-state index contributed by atoms with van der Waals surface area (Å²) in [6.07, 6.45) is 0.818. The summed E-state index contributed by atoms with van der Waals surface area (Å²) in [5, 5.41) is 7.29. The van der Waals surface area contributed by atoms with Gasteiger partial charge < -0.3 is 9.84 Å². The third-order valence-corrected chi connectivity index (χ3v) is 5.79. The van der Waals surface area contributed by atoms with E-state index in [1.807, 2.05) is 0 Å². The first-order chi connectivity index (χ1) is 9.47. The van der Waals surface area contributed by atoms with E-state index < -0.39 is 10.0 Å². The molecule has 2 aromatic heterocycles. The van der Waals surface area contributed by atoms with Crippen LogP contribution < -0.4 is 10.0 Å². The quantitative estimate of drug-likeness (QED) is 0.883. The topological polar surface area (TPSA) is 97.1 Å². The van der Waals surface area contributed by atoms with Crippen molar-refractivity contribution in [2.75, 3.05) is 11.3 Å². The first-order valence-electron chi connectivity index (χ1n) is 6.12. The molecule has 0 atom stereocenters. The average Bonchev–Trinajstić information content (AvgIpc) is 2.91. The lowest BCUT2D eigenvalue weighted by Gasteiger charge is -2.09. The Bertz CT molecular complexity index is 705. The monoisotopic (exact) mass is 314 g/mol. The fourth-order valence-corrected chi connectivity index (χ4v) is 4.74. The van der Waals surface area contributed by atoms with Gasteiger partial charge in [0.05, 0.1) is 5.69 Å². The molecule has 0 spiro atoms. The van der Waals surface area contributed by atoms with Crippen molar-refractivity contribution in [1.82, 2.24) is 15.5 Å². The number of aromatic nitrogens is 2. The SMILES string of the molecule is Cc1noc(C)c1S(=O)(=O)Nc1nc2c(s1)CNCC2. The maximum atomic E-state index is 12.4. The lowest BCUT2D eigenvalue weighted by atomic mass is 10.2. The van der Waals surface area contributed by atoms with Gasteiger partial charge in [0.1, 0.15) is 5.69 Å². The van der Waals surface area contributed by atoms with Crippen LogP contribution in [0.5, 0.6) is 0 Å². The molecule has 0 aliphatic carbocycles. The van der Waals surface area contributed by atoms with E-state index in [4.69, 9.17) is 4.52 Å². The van der Waals surface area contributed by atoms with Gasteiger partial charge in [-0.1, -0.05) is 16.5 Å². The predicted molar refractivity (Wildman–Crippen MR) is 74.3 cm³/mol. The minimum Gasteiger partial charge on any atom is -0.360 e. The Labute approximate surface area is 120 Å². The molecule has 0 saturated carbocycles. The highest BCUT2D eigenvalue weighted by Gasteiger charge is 2.26. The zero-order valence-corrected chi connectivity index (χ0v) is 12.7. The first kappa shape index (κ1) is 13.5. The minimum absolute atomic E-state index is 0.0868. The van der Waals surface area contributed by atoms with Gasteiger partial charge in [0, 0.05) is 24.4 Å². The molecule has 3 rings (SSSR count). The molecule has 2 aromatic rings. The van der Waals surface area contributed by atoms with Gasteiger partial charge in [-0.3, -0.25) is 4.72 Å². The van der Waals surface area contributed by atoms with Crippen LogP contribution in [-0.2, 0) is 23.0 Å². The number of anilines is 1. The van der Waals surface area contributed by atoms with Crippen LogP contribution in [0, 0.1) is 13.8 Å². The normalized spacial score (nSPS) is 15.1. The molecule has 3 heterocycles. The van der Waals surface area contributed by atoms with Crippen molar-refractivity contribution in [3.8, 4) is 0 Å². The molecule has 0 unspecified atom stereocenters. The summed E-state index contributed by atoms with van der Waals surface area (Å²) in [7, 11) is -3.71. The van der Waals surface area contributed by atoms with Crippen molar-refractivity contribution in [1.29, 1.82) is 0 Å².